The molecule has 2 heterocycles. The second kappa shape index (κ2) is 7.71. The number of nitrogens with zero attached hydrogens (tertiary/aromatic N) is 2. The first-order chi connectivity index (χ1) is 14.2. The van der Waals surface area contributed by atoms with E-state index < -0.39 is 21.4 Å². The van der Waals surface area contributed by atoms with Gasteiger partial charge in [0.25, 0.3) is 5.91 Å². The number of hydrogen-bond acceptors (Lipinski definition) is 5. The van der Waals surface area contributed by atoms with Crippen LogP contribution in [0.15, 0.2) is 53.7 Å². The van der Waals surface area contributed by atoms with Gasteiger partial charge < -0.3 is 9.74 Å². The zero-order valence-electron chi connectivity index (χ0n) is 16.5. The lowest BCUT2D eigenvalue weighted by Crippen LogP contribution is -2.46. The van der Waals surface area contributed by atoms with Crippen molar-refractivity contribution in [3.8, 4) is 0 Å². The minimum Gasteiger partial charge on any atom is -0.388 e. The lowest BCUT2D eigenvalue weighted by atomic mass is 9.85. The van der Waals surface area contributed by atoms with Crippen molar-refractivity contribution in [3.63, 3.8) is 0 Å². The van der Waals surface area contributed by atoms with Gasteiger partial charge in [-0.3, -0.25) is 9.52 Å². The van der Waals surface area contributed by atoms with Gasteiger partial charge in [0.05, 0.1) is 17.7 Å². The van der Waals surface area contributed by atoms with Crippen LogP contribution >= 0.6 is 0 Å². The van der Waals surface area contributed by atoms with E-state index in [2.05, 4.69) is 9.88 Å². The van der Waals surface area contributed by atoms with Gasteiger partial charge in [-0.05, 0) is 23.8 Å². The molecule has 0 unspecified atom stereocenters. The maximum atomic E-state index is 14.2. The normalized spacial score (nSPS) is 18.1. The number of hydrogen-bond donors (Lipinski definition) is 1. The summed E-state index contributed by atoms with van der Waals surface area (Å²) >= 11 is 0. The van der Waals surface area contributed by atoms with Crippen molar-refractivity contribution in [2.24, 2.45) is 5.16 Å². The lowest BCUT2D eigenvalue weighted by molar-refractivity contribution is -0.0568. The molecule has 2 aliphatic heterocycles. The third-order valence-corrected chi connectivity index (χ3v) is 6.01. The Bertz CT molecular complexity index is 1090. The number of carbonyl (C=O) groups excluding carboxylic acids is 1. The Labute approximate surface area is 174 Å². The van der Waals surface area contributed by atoms with Crippen LogP contribution in [0.4, 0.5) is 10.1 Å². The Hall–Kier alpha value is -2.94. The second-order valence-corrected chi connectivity index (χ2v) is 9.46. The van der Waals surface area contributed by atoms with E-state index >= 15 is 0 Å². The van der Waals surface area contributed by atoms with Crippen LogP contribution in [0.5, 0.6) is 0 Å². The molecule has 1 fully saturated rings. The van der Waals surface area contributed by atoms with E-state index in [4.69, 9.17) is 4.84 Å². The average Bonchev–Trinajstić information content (AvgIpc) is 3.13. The molecule has 0 aromatic heterocycles. The monoisotopic (exact) mass is 431 g/mol. The van der Waals surface area contributed by atoms with Gasteiger partial charge >= 0.3 is 0 Å². The summed E-state index contributed by atoms with van der Waals surface area (Å²) in [6.45, 7) is 0.947. The molecule has 0 radical (unpaired) electrons. The van der Waals surface area contributed by atoms with E-state index in [0.717, 1.165) is 23.6 Å². The van der Waals surface area contributed by atoms with Crippen molar-refractivity contribution in [1.82, 2.24) is 4.90 Å². The molecule has 2 aliphatic rings. The summed E-state index contributed by atoms with van der Waals surface area (Å²) in [7, 11) is -3.60. The summed E-state index contributed by atoms with van der Waals surface area (Å²) in [5, 5.41) is 4.27. The predicted octanol–water partition coefficient (Wildman–Crippen LogP) is 3.00. The van der Waals surface area contributed by atoms with E-state index in [0.29, 0.717) is 32.4 Å². The van der Waals surface area contributed by atoms with Crippen LogP contribution in [0.3, 0.4) is 0 Å². The third kappa shape index (κ3) is 4.30. The molecule has 9 heteroatoms. The number of piperidine rings is 1. The summed E-state index contributed by atoms with van der Waals surface area (Å²) < 4.78 is 38.9. The fourth-order valence-corrected chi connectivity index (χ4v) is 4.37. The van der Waals surface area contributed by atoms with Gasteiger partial charge in [0.1, 0.15) is 11.4 Å². The predicted molar refractivity (Wildman–Crippen MR) is 111 cm³/mol. The summed E-state index contributed by atoms with van der Waals surface area (Å²) in [4.78, 5) is 20.2. The van der Waals surface area contributed by atoms with Crippen molar-refractivity contribution in [3.05, 3.63) is 65.5 Å². The molecule has 1 saturated heterocycles. The number of carbonyl (C=O) groups is 1. The minimum absolute atomic E-state index is 0.177. The number of benzene rings is 2. The fraction of sp³-hybridized carbons (Fsp3) is 0.333. The maximum absolute atomic E-state index is 14.2. The SMILES string of the molecule is CS(=O)(=O)Nc1ccc(C(=O)N2CCC3(CC2)CC(c2ccccc2)=NO3)cc1F. The van der Waals surface area contributed by atoms with Gasteiger partial charge in [-0.15, -0.1) is 0 Å². The summed E-state index contributed by atoms with van der Waals surface area (Å²) in [5.74, 6) is -1.09. The maximum Gasteiger partial charge on any atom is 0.253 e. The number of amides is 1. The molecule has 1 spiro atoms. The highest BCUT2D eigenvalue weighted by atomic mass is 32.2. The van der Waals surface area contributed by atoms with Crippen LogP contribution in [0.25, 0.3) is 0 Å². The van der Waals surface area contributed by atoms with E-state index in [9.17, 15) is 17.6 Å². The molecule has 2 aromatic carbocycles. The average molecular weight is 431 g/mol. The summed E-state index contributed by atoms with van der Waals surface area (Å²) in [5.41, 5.74) is 1.53. The second-order valence-electron chi connectivity index (χ2n) is 7.72. The first-order valence-corrected chi connectivity index (χ1v) is 11.5. The number of likely N-dealkylation sites (tertiary alicyclic amines) is 1. The van der Waals surface area contributed by atoms with Crippen molar-refractivity contribution in [2.45, 2.75) is 24.9 Å². The lowest BCUT2D eigenvalue weighted by Gasteiger charge is -2.37. The molecular weight excluding hydrogens is 409 g/mol. The number of oxime groups is 1. The Morgan fingerprint density at radius 3 is 2.50 bits per heavy atom. The molecular formula is C21H22FN3O4S. The number of sulfonamides is 1. The van der Waals surface area contributed by atoms with Gasteiger partial charge in [0, 0.05) is 37.9 Å². The highest BCUT2D eigenvalue weighted by Gasteiger charge is 2.43. The number of nitrogens with one attached hydrogen (secondary N) is 1. The van der Waals surface area contributed by atoms with Crippen LogP contribution in [0.2, 0.25) is 0 Å². The van der Waals surface area contributed by atoms with Crippen molar-refractivity contribution >= 4 is 27.3 Å². The number of anilines is 1. The molecule has 7 nitrogen and oxygen atoms in total. The van der Waals surface area contributed by atoms with E-state index in [1.165, 1.54) is 12.1 Å². The molecule has 0 atom stereocenters. The molecule has 0 saturated carbocycles. The topological polar surface area (TPSA) is 88.1 Å². The van der Waals surface area contributed by atoms with Gasteiger partial charge in [0.2, 0.25) is 10.0 Å². The largest absolute Gasteiger partial charge is 0.388 e. The molecule has 1 amide bonds. The van der Waals surface area contributed by atoms with E-state index in [1.54, 1.807) is 4.90 Å². The van der Waals surface area contributed by atoms with Gasteiger partial charge in [0.15, 0.2) is 0 Å². The van der Waals surface area contributed by atoms with Crippen LogP contribution in [0.1, 0.15) is 35.2 Å². The Kier molecular flexibility index (Phi) is 5.23. The van der Waals surface area contributed by atoms with Gasteiger partial charge in [-0.1, -0.05) is 35.5 Å². The molecule has 1 N–H and O–H groups in total. The van der Waals surface area contributed by atoms with Crippen LogP contribution in [0, 0.1) is 5.82 Å². The first kappa shape index (κ1) is 20.3. The van der Waals surface area contributed by atoms with E-state index in [1.807, 2.05) is 30.3 Å². The molecule has 4 rings (SSSR count). The van der Waals surface area contributed by atoms with Crippen LogP contribution < -0.4 is 4.72 Å². The molecule has 30 heavy (non-hydrogen) atoms. The van der Waals surface area contributed by atoms with Crippen molar-refractivity contribution in [2.75, 3.05) is 24.1 Å². The quantitative estimate of drug-likeness (QED) is 0.806. The van der Waals surface area contributed by atoms with Crippen LogP contribution in [-0.4, -0.2) is 49.9 Å². The first-order valence-electron chi connectivity index (χ1n) is 9.62. The zero-order valence-corrected chi connectivity index (χ0v) is 17.3. The Morgan fingerprint density at radius 1 is 1.17 bits per heavy atom. The molecule has 0 bridgehead atoms. The highest BCUT2D eigenvalue weighted by Crippen LogP contribution is 2.36. The highest BCUT2D eigenvalue weighted by molar-refractivity contribution is 7.92. The Morgan fingerprint density at radius 2 is 1.87 bits per heavy atom. The van der Waals surface area contributed by atoms with Crippen molar-refractivity contribution in [1.29, 1.82) is 0 Å². The molecule has 2 aromatic rings. The Balaban J connectivity index is 1.39. The van der Waals surface area contributed by atoms with E-state index in [-0.39, 0.29) is 17.2 Å². The number of rotatable bonds is 4. The summed E-state index contributed by atoms with van der Waals surface area (Å²) in [6.07, 6.45) is 2.90. The molecule has 158 valence electrons. The van der Waals surface area contributed by atoms with Gasteiger partial charge in [-0.2, -0.15) is 0 Å². The fourth-order valence-electron chi connectivity index (χ4n) is 3.81. The number of halogens is 1. The summed E-state index contributed by atoms with van der Waals surface area (Å²) in [6, 6.07) is 13.6. The standard InChI is InChI=1S/C21H22FN3O4S/c1-30(27,28)24-18-8-7-16(13-17(18)22)20(26)25-11-9-21(10-12-25)14-19(23-29-21)15-5-3-2-4-6-15/h2-8,13,24H,9-12,14H2,1H3. The zero-order chi connectivity index (χ0) is 21.4. The molecule has 0 aliphatic carbocycles. The van der Waals surface area contributed by atoms with Crippen LogP contribution in [-0.2, 0) is 14.9 Å². The van der Waals surface area contributed by atoms with Gasteiger partial charge in [-0.25, -0.2) is 12.8 Å². The minimum atomic E-state index is -3.60. The smallest absolute Gasteiger partial charge is 0.253 e. The van der Waals surface area contributed by atoms with Crippen molar-refractivity contribution < 1.29 is 22.4 Å². The third-order valence-electron chi connectivity index (χ3n) is 5.42.